The number of nitrogens with one attached hydrogen (secondary N) is 1. The smallest absolute Gasteiger partial charge is 0.331 e. The molecule has 3 aromatic carbocycles. The molecule has 0 bridgehead atoms. The number of halogens is 2. The number of carbonyl (C=O) groups excluding carboxylic acids is 3. The van der Waals surface area contributed by atoms with Gasteiger partial charge in [-0.05, 0) is 83.7 Å². The van der Waals surface area contributed by atoms with E-state index in [1.807, 2.05) is 13.8 Å². The molecule has 0 aliphatic carbocycles. The molecule has 0 saturated carbocycles. The molecule has 4 rings (SSSR count). The molecule has 1 saturated heterocycles. The number of rotatable bonds is 13. The largest absolute Gasteiger partial charge is 0.490 e. The zero-order chi connectivity index (χ0) is 30.9. The van der Waals surface area contributed by atoms with Crippen LogP contribution in [0.25, 0.3) is 6.08 Å². The molecule has 0 radical (unpaired) electrons. The molecule has 11 heteroatoms. The fraction of sp³-hybridized carbons (Fsp3) is 0.281. The van der Waals surface area contributed by atoms with Gasteiger partial charge in [0.2, 0.25) is 0 Å². The summed E-state index contributed by atoms with van der Waals surface area (Å²) in [6.07, 6.45) is 2.20. The lowest BCUT2D eigenvalue weighted by Gasteiger charge is -2.26. The van der Waals surface area contributed by atoms with Crippen LogP contribution < -0.4 is 24.3 Å². The minimum Gasteiger partial charge on any atom is -0.490 e. The van der Waals surface area contributed by atoms with E-state index < -0.39 is 23.7 Å². The summed E-state index contributed by atoms with van der Waals surface area (Å²) >= 11 is 3.46. The van der Waals surface area contributed by atoms with E-state index in [1.54, 1.807) is 55.5 Å². The number of barbiturate groups is 1. The number of hydrogen-bond acceptors (Lipinski definition) is 7. The lowest BCUT2D eigenvalue weighted by molar-refractivity contribution is -0.130. The number of benzene rings is 3. The third-order valence-corrected chi connectivity index (χ3v) is 6.86. The fourth-order valence-corrected chi connectivity index (χ4v) is 4.85. The average molecular weight is 656 g/mol. The quantitative estimate of drug-likeness (QED) is 0.168. The van der Waals surface area contributed by atoms with Gasteiger partial charge in [0.15, 0.2) is 23.0 Å². The van der Waals surface area contributed by atoms with Gasteiger partial charge in [-0.25, -0.2) is 9.18 Å². The van der Waals surface area contributed by atoms with Gasteiger partial charge < -0.3 is 18.9 Å². The fourth-order valence-electron chi connectivity index (χ4n) is 4.28. The van der Waals surface area contributed by atoms with E-state index in [-0.39, 0.29) is 18.7 Å². The van der Waals surface area contributed by atoms with E-state index in [0.29, 0.717) is 64.0 Å². The highest BCUT2D eigenvalue weighted by molar-refractivity contribution is 9.10. The second kappa shape index (κ2) is 14.7. The lowest BCUT2D eigenvalue weighted by atomic mass is 10.1. The van der Waals surface area contributed by atoms with Gasteiger partial charge in [0.25, 0.3) is 11.8 Å². The van der Waals surface area contributed by atoms with Crippen molar-refractivity contribution >= 4 is 39.9 Å². The summed E-state index contributed by atoms with van der Waals surface area (Å²) in [5, 5.41) is 2.24. The number of imide groups is 2. The first kappa shape index (κ1) is 31.6. The molecule has 226 valence electrons. The average Bonchev–Trinajstić information content (AvgIpc) is 2.98. The molecule has 4 amide bonds. The minimum atomic E-state index is -0.829. The van der Waals surface area contributed by atoms with Crippen LogP contribution in [0, 0.1) is 5.82 Å². The molecule has 1 fully saturated rings. The van der Waals surface area contributed by atoms with E-state index in [9.17, 15) is 18.8 Å². The zero-order valence-corrected chi connectivity index (χ0v) is 25.7. The van der Waals surface area contributed by atoms with Crippen LogP contribution in [0.15, 0.2) is 64.6 Å². The van der Waals surface area contributed by atoms with Crippen LogP contribution in [-0.2, 0) is 22.7 Å². The molecule has 1 aliphatic rings. The van der Waals surface area contributed by atoms with E-state index in [4.69, 9.17) is 18.9 Å². The van der Waals surface area contributed by atoms with Crippen LogP contribution in [-0.4, -0.2) is 42.6 Å². The van der Waals surface area contributed by atoms with Gasteiger partial charge in [0.1, 0.15) is 18.0 Å². The topological polar surface area (TPSA) is 103 Å². The van der Waals surface area contributed by atoms with Crippen molar-refractivity contribution in [3.63, 3.8) is 0 Å². The van der Waals surface area contributed by atoms with Gasteiger partial charge in [0, 0.05) is 5.56 Å². The molecular weight excluding hydrogens is 623 g/mol. The summed E-state index contributed by atoms with van der Waals surface area (Å²) in [6.45, 7) is 6.72. The Hall–Kier alpha value is -4.38. The SMILES string of the molecule is CCCOc1ccc(CN2C(=O)NC(=O)/C(=C\c3cc(Br)c(OCc4ccccc4F)c(OCC)c3)C2=O)cc1OCC. The van der Waals surface area contributed by atoms with Gasteiger partial charge >= 0.3 is 6.03 Å². The second-order valence-corrected chi connectivity index (χ2v) is 10.3. The van der Waals surface area contributed by atoms with E-state index in [1.165, 1.54) is 12.1 Å². The van der Waals surface area contributed by atoms with Crippen LogP contribution >= 0.6 is 15.9 Å². The Morgan fingerprint density at radius 3 is 2.35 bits per heavy atom. The maximum atomic E-state index is 14.1. The van der Waals surface area contributed by atoms with E-state index in [0.717, 1.165) is 11.3 Å². The summed E-state index contributed by atoms with van der Waals surface area (Å²) in [5.74, 6) is -0.255. The molecule has 1 aliphatic heterocycles. The van der Waals surface area contributed by atoms with Crippen LogP contribution in [0.2, 0.25) is 0 Å². The summed E-state index contributed by atoms with van der Waals surface area (Å²) < 4.78 is 37.6. The summed E-state index contributed by atoms with van der Waals surface area (Å²) in [7, 11) is 0. The molecule has 43 heavy (non-hydrogen) atoms. The number of urea groups is 1. The first-order valence-corrected chi connectivity index (χ1v) is 14.6. The first-order valence-electron chi connectivity index (χ1n) is 13.9. The molecule has 0 aromatic heterocycles. The maximum Gasteiger partial charge on any atom is 0.331 e. The standard InChI is InChI=1S/C32H32BrFN2O7/c1-4-13-42-26-12-11-20(16-27(26)40-5-2)18-36-31(38)23(30(37)35-32(36)39)14-21-15-24(33)29(28(17-21)41-6-3)43-19-22-9-7-8-10-25(22)34/h7-12,14-17H,4-6,13,18-19H2,1-3H3,(H,35,37,39)/b23-14+. The Morgan fingerprint density at radius 2 is 1.63 bits per heavy atom. The van der Waals surface area contributed by atoms with E-state index in [2.05, 4.69) is 21.2 Å². The Kier molecular flexibility index (Phi) is 10.8. The third kappa shape index (κ3) is 7.72. The van der Waals surface area contributed by atoms with Crippen LogP contribution in [0.3, 0.4) is 0 Å². The highest BCUT2D eigenvalue weighted by Gasteiger charge is 2.36. The van der Waals surface area contributed by atoms with Gasteiger partial charge in [-0.2, -0.15) is 0 Å². The molecule has 0 atom stereocenters. The second-order valence-electron chi connectivity index (χ2n) is 9.41. The Labute approximate surface area is 257 Å². The first-order chi connectivity index (χ1) is 20.7. The molecule has 0 unspecified atom stereocenters. The summed E-state index contributed by atoms with van der Waals surface area (Å²) in [6, 6.07) is 13.9. The highest BCUT2D eigenvalue weighted by Crippen LogP contribution is 2.38. The van der Waals surface area contributed by atoms with Gasteiger partial charge in [-0.1, -0.05) is 31.2 Å². The number of nitrogens with zero attached hydrogens (tertiary/aromatic N) is 1. The van der Waals surface area contributed by atoms with Crippen molar-refractivity contribution in [1.29, 1.82) is 0 Å². The normalized spacial score (nSPS) is 14.1. The van der Waals surface area contributed by atoms with Crippen molar-refractivity contribution < 1.29 is 37.7 Å². The Balaban J connectivity index is 1.59. The zero-order valence-electron chi connectivity index (χ0n) is 24.1. The molecular formula is C32H32BrFN2O7. The summed E-state index contributed by atoms with van der Waals surface area (Å²) in [4.78, 5) is 39.9. The van der Waals surface area contributed by atoms with E-state index >= 15 is 0 Å². The predicted octanol–water partition coefficient (Wildman–Crippen LogP) is 6.42. The molecule has 3 aromatic rings. The number of amides is 4. The predicted molar refractivity (Wildman–Crippen MR) is 162 cm³/mol. The van der Waals surface area contributed by atoms with Gasteiger partial charge in [0.05, 0.1) is 30.8 Å². The number of hydrogen-bond donors (Lipinski definition) is 1. The number of carbonyl (C=O) groups is 3. The van der Waals surface area contributed by atoms with Crippen molar-refractivity contribution in [3.05, 3.63) is 87.2 Å². The molecule has 9 nitrogen and oxygen atoms in total. The monoisotopic (exact) mass is 654 g/mol. The Bertz CT molecular complexity index is 1540. The third-order valence-electron chi connectivity index (χ3n) is 6.27. The van der Waals surface area contributed by atoms with Crippen LogP contribution in [0.1, 0.15) is 43.9 Å². The highest BCUT2D eigenvalue weighted by atomic mass is 79.9. The van der Waals surface area contributed by atoms with Gasteiger partial charge in [-0.15, -0.1) is 0 Å². The number of ether oxygens (including phenoxy) is 4. The van der Waals surface area contributed by atoms with Crippen molar-refractivity contribution in [3.8, 4) is 23.0 Å². The molecule has 1 heterocycles. The summed E-state index contributed by atoms with van der Waals surface area (Å²) in [5.41, 5.74) is 1.19. The van der Waals surface area contributed by atoms with Gasteiger partial charge in [-0.3, -0.25) is 19.8 Å². The van der Waals surface area contributed by atoms with Crippen molar-refractivity contribution in [2.45, 2.75) is 40.3 Å². The van der Waals surface area contributed by atoms with Crippen LogP contribution in [0.4, 0.5) is 9.18 Å². The van der Waals surface area contributed by atoms with Crippen molar-refractivity contribution in [1.82, 2.24) is 10.2 Å². The molecule has 0 spiro atoms. The minimum absolute atomic E-state index is 0.0412. The lowest BCUT2D eigenvalue weighted by Crippen LogP contribution is -2.53. The van der Waals surface area contributed by atoms with Crippen LogP contribution in [0.5, 0.6) is 23.0 Å². The maximum absolute atomic E-state index is 14.1. The molecule has 1 N–H and O–H groups in total. The Morgan fingerprint density at radius 1 is 0.884 bits per heavy atom. The van der Waals surface area contributed by atoms with Crippen molar-refractivity contribution in [2.24, 2.45) is 0 Å². The van der Waals surface area contributed by atoms with Crippen molar-refractivity contribution in [2.75, 3.05) is 19.8 Å².